The number of ether oxygens (including phenoxy) is 1. The number of halogens is 1. The minimum atomic E-state index is -0.706. The lowest BCUT2D eigenvalue weighted by molar-refractivity contribution is -0.0372. The van der Waals surface area contributed by atoms with Gasteiger partial charge in [-0.15, -0.1) is 0 Å². The van der Waals surface area contributed by atoms with Crippen LogP contribution in [0.25, 0.3) is 0 Å². The molecule has 4 nitrogen and oxygen atoms in total. The van der Waals surface area contributed by atoms with E-state index in [1.165, 1.54) is 12.1 Å². The van der Waals surface area contributed by atoms with Crippen molar-refractivity contribution in [2.75, 3.05) is 19.8 Å². The molecule has 1 fully saturated rings. The van der Waals surface area contributed by atoms with Gasteiger partial charge in [0, 0.05) is 12.6 Å². The summed E-state index contributed by atoms with van der Waals surface area (Å²) >= 11 is 0. The van der Waals surface area contributed by atoms with Gasteiger partial charge in [0.15, 0.2) is 0 Å². The number of benzene rings is 1. The van der Waals surface area contributed by atoms with Gasteiger partial charge in [0.05, 0.1) is 24.3 Å². The number of hydrogen-bond acceptors (Lipinski definition) is 3. The van der Waals surface area contributed by atoms with E-state index < -0.39 is 11.4 Å². The largest absolute Gasteiger partial charge is 0.508 e. The average Bonchev–Trinajstić information content (AvgIpc) is 2.27. The SMILES string of the molecule is CC1(C)COCCN1C(=O)c1ccc(O)cc1F. The summed E-state index contributed by atoms with van der Waals surface area (Å²) in [6, 6.07) is 3.56. The molecule has 0 spiro atoms. The van der Waals surface area contributed by atoms with E-state index in [0.717, 1.165) is 6.07 Å². The van der Waals surface area contributed by atoms with Crippen molar-refractivity contribution in [3.05, 3.63) is 29.6 Å². The summed E-state index contributed by atoms with van der Waals surface area (Å²) in [5, 5.41) is 9.15. The Morgan fingerprint density at radius 2 is 2.22 bits per heavy atom. The van der Waals surface area contributed by atoms with Crippen LogP contribution in [-0.4, -0.2) is 41.2 Å². The Labute approximate surface area is 105 Å². The monoisotopic (exact) mass is 253 g/mol. The maximum atomic E-state index is 13.7. The minimum Gasteiger partial charge on any atom is -0.508 e. The predicted octanol–water partition coefficient (Wildman–Crippen LogP) is 1.78. The average molecular weight is 253 g/mol. The lowest BCUT2D eigenvalue weighted by Gasteiger charge is -2.42. The number of carbonyl (C=O) groups is 1. The summed E-state index contributed by atoms with van der Waals surface area (Å²) in [6.07, 6.45) is 0. The highest BCUT2D eigenvalue weighted by Crippen LogP contribution is 2.24. The second-order valence-corrected chi connectivity index (χ2v) is 4.99. The van der Waals surface area contributed by atoms with Gasteiger partial charge in [0.1, 0.15) is 11.6 Å². The number of nitrogens with zero attached hydrogens (tertiary/aromatic N) is 1. The first-order valence-electron chi connectivity index (χ1n) is 5.80. The van der Waals surface area contributed by atoms with E-state index in [2.05, 4.69) is 0 Å². The maximum absolute atomic E-state index is 13.7. The zero-order chi connectivity index (χ0) is 13.3. The molecular weight excluding hydrogens is 237 g/mol. The van der Waals surface area contributed by atoms with Crippen molar-refractivity contribution in [2.45, 2.75) is 19.4 Å². The molecule has 0 bridgehead atoms. The number of phenols is 1. The fourth-order valence-corrected chi connectivity index (χ4v) is 2.06. The minimum absolute atomic E-state index is 0.0252. The topological polar surface area (TPSA) is 49.8 Å². The summed E-state index contributed by atoms with van der Waals surface area (Å²) in [4.78, 5) is 13.9. The molecule has 5 heteroatoms. The summed E-state index contributed by atoms with van der Waals surface area (Å²) in [5.41, 5.74) is -0.484. The Morgan fingerprint density at radius 3 is 2.83 bits per heavy atom. The van der Waals surface area contributed by atoms with E-state index in [9.17, 15) is 9.18 Å². The van der Waals surface area contributed by atoms with Gasteiger partial charge in [-0.25, -0.2) is 4.39 Å². The third-order valence-corrected chi connectivity index (χ3v) is 3.07. The molecule has 1 aromatic carbocycles. The first-order chi connectivity index (χ1) is 8.42. The van der Waals surface area contributed by atoms with Gasteiger partial charge < -0.3 is 14.7 Å². The van der Waals surface area contributed by atoms with Crippen LogP contribution in [0.3, 0.4) is 0 Å². The fraction of sp³-hybridized carbons (Fsp3) is 0.462. The molecule has 1 aliphatic rings. The first kappa shape index (κ1) is 12.8. The van der Waals surface area contributed by atoms with Gasteiger partial charge >= 0.3 is 0 Å². The van der Waals surface area contributed by atoms with Crippen molar-refractivity contribution in [1.82, 2.24) is 4.90 Å². The van der Waals surface area contributed by atoms with Gasteiger partial charge in [-0.3, -0.25) is 4.79 Å². The summed E-state index contributed by atoms with van der Waals surface area (Å²) in [5.74, 6) is -1.27. The van der Waals surface area contributed by atoms with Crippen molar-refractivity contribution in [3.8, 4) is 5.75 Å². The Morgan fingerprint density at radius 1 is 1.50 bits per heavy atom. The Bertz CT molecular complexity index is 473. The molecule has 1 aliphatic heterocycles. The maximum Gasteiger partial charge on any atom is 0.257 e. The van der Waals surface area contributed by atoms with E-state index in [0.29, 0.717) is 19.8 Å². The van der Waals surface area contributed by atoms with Crippen LogP contribution in [0.5, 0.6) is 5.75 Å². The molecule has 18 heavy (non-hydrogen) atoms. The number of carbonyl (C=O) groups excluding carboxylic acids is 1. The summed E-state index contributed by atoms with van der Waals surface area (Å²) in [7, 11) is 0. The van der Waals surface area contributed by atoms with E-state index in [-0.39, 0.29) is 17.2 Å². The molecule has 98 valence electrons. The number of morpholine rings is 1. The van der Waals surface area contributed by atoms with Crippen molar-refractivity contribution in [1.29, 1.82) is 0 Å². The molecule has 2 rings (SSSR count). The van der Waals surface area contributed by atoms with Crippen LogP contribution in [0, 0.1) is 5.82 Å². The molecule has 0 saturated carbocycles. The second kappa shape index (κ2) is 4.57. The summed E-state index contributed by atoms with van der Waals surface area (Å²) < 4.78 is 19.0. The van der Waals surface area contributed by atoms with Gasteiger partial charge in [0.25, 0.3) is 5.91 Å². The van der Waals surface area contributed by atoms with Crippen molar-refractivity contribution < 1.29 is 19.0 Å². The smallest absolute Gasteiger partial charge is 0.257 e. The van der Waals surface area contributed by atoms with E-state index in [4.69, 9.17) is 9.84 Å². The third-order valence-electron chi connectivity index (χ3n) is 3.07. The van der Waals surface area contributed by atoms with E-state index in [1.54, 1.807) is 4.90 Å². The van der Waals surface area contributed by atoms with Crippen LogP contribution in [0.4, 0.5) is 4.39 Å². The predicted molar refractivity (Wildman–Crippen MR) is 64.0 cm³/mol. The van der Waals surface area contributed by atoms with Crippen LogP contribution in [0.1, 0.15) is 24.2 Å². The summed E-state index contributed by atoms with van der Waals surface area (Å²) in [6.45, 7) is 5.07. The van der Waals surface area contributed by atoms with Crippen LogP contribution in [0.15, 0.2) is 18.2 Å². The lowest BCUT2D eigenvalue weighted by Crippen LogP contribution is -2.55. The third kappa shape index (κ3) is 2.31. The molecule has 0 radical (unpaired) electrons. The van der Waals surface area contributed by atoms with Gasteiger partial charge in [-0.05, 0) is 26.0 Å². The highest BCUT2D eigenvalue weighted by molar-refractivity contribution is 5.95. The van der Waals surface area contributed by atoms with Crippen LogP contribution in [-0.2, 0) is 4.74 Å². The molecule has 0 atom stereocenters. The Kier molecular flexibility index (Phi) is 3.26. The number of rotatable bonds is 1. The Hall–Kier alpha value is -1.62. The Balaban J connectivity index is 2.30. The normalized spacial score (nSPS) is 18.7. The molecule has 0 unspecified atom stereocenters. The molecule has 1 saturated heterocycles. The van der Waals surface area contributed by atoms with E-state index >= 15 is 0 Å². The van der Waals surface area contributed by atoms with Crippen molar-refractivity contribution in [3.63, 3.8) is 0 Å². The van der Waals surface area contributed by atoms with E-state index in [1.807, 2.05) is 13.8 Å². The molecule has 1 N–H and O–H groups in total. The molecular formula is C13H16FNO3. The zero-order valence-corrected chi connectivity index (χ0v) is 10.4. The standard InChI is InChI=1S/C13H16FNO3/c1-13(2)8-18-6-5-15(13)12(17)10-4-3-9(16)7-11(10)14/h3-4,7,16H,5-6,8H2,1-2H3. The van der Waals surface area contributed by atoms with Crippen molar-refractivity contribution >= 4 is 5.91 Å². The zero-order valence-electron chi connectivity index (χ0n) is 10.4. The highest BCUT2D eigenvalue weighted by Gasteiger charge is 2.35. The van der Waals surface area contributed by atoms with Crippen LogP contribution in [0.2, 0.25) is 0 Å². The second-order valence-electron chi connectivity index (χ2n) is 4.99. The molecule has 0 aliphatic carbocycles. The number of hydrogen-bond donors (Lipinski definition) is 1. The molecule has 0 aromatic heterocycles. The first-order valence-corrected chi connectivity index (χ1v) is 5.80. The van der Waals surface area contributed by atoms with Gasteiger partial charge in [-0.2, -0.15) is 0 Å². The molecule has 1 amide bonds. The lowest BCUT2D eigenvalue weighted by atomic mass is 10.0. The number of phenolic OH excluding ortho intramolecular Hbond substituents is 1. The van der Waals surface area contributed by atoms with Crippen LogP contribution < -0.4 is 0 Å². The quantitative estimate of drug-likeness (QED) is 0.830. The molecule has 1 aromatic rings. The van der Waals surface area contributed by atoms with Gasteiger partial charge in [-0.1, -0.05) is 0 Å². The number of aromatic hydroxyl groups is 1. The fourth-order valence-electron chi connectivity index (χ4n) is 2.06. The number of amides is 1. The van der Waals surface area contributed by atoms with Crippen LogP contribution >= 0.6 is 0 Å². The van der Waals surface area contributed by atoms with Crippen molar-refractivity contribution in [2.24, 2.45) is 0 Å². The van der Waals surface area contributed by atoms with Gasteiger partial charge in [0.2, 0.25) is 0 Å². The highest BCUT2D eigenvalue weighted by atomic mass is 19.1. The molecule has 1 heterocycles.